The van der Waals surface area contributed by atoms with E-state index in [0.717, 1.165) is 12.3 Å². The highest BCUT2D eigenvalue weighted by Crippen LogP contribution is 2.36. The minimum Gasteiger partial charge on any atom is -0.263 e. The normalized spacial score (nSPS) is 14.3. The first kappa shape index (κ1) is 19.2. The van der Waals surface area contributed by atoms with Crippen molar-refractivity contribution in [3.05, 3.63) is 59.9 Å². The molecule has 0 saturated carbocycles. The van der Waals surface area contributed by atoms with Crippen LogP contribution >= 0.6 is 0 Å². The van der Waals surface area contributed by atoms with Crippen LogP contribution in [0.2, 0.25) is 0 Å². The van der Waals surface area contributed by atoms with Crippen molar-refractivity contribution in [3.63, 3.8) is 0 Å². The first-order chi connectivity index (χ1) is 11.4. The Labute approximate surface area is 138 Å². The van der Waals surface area contributed by atoms with Gasteiger partial charge in [-0.05, 0) is 29.8 Å². The number of hydrogen-bond donors (Lipinski definition) is 1. The van der Waals surface area contributed by atoms with E-state index in [4.69, 9.17) is 0 Å². The molecular weight excluding hydrogens is 374 g/mol. The third kappa shape index (κ3) is 4.69. The average Bonchev–Trinajstić information content (AvgIpc) is 2.52. The predicted molar refractivity (Wildman–Crippen MR) is 74.8 cm³/mol. The highest BCUT2D eigenvalue weighted by atomic mass is 32.2. The maximum atomic E-state index is 13.2. The second-order valence-electron chi connectivity index (χ2n) is 4.90. The van der Waals surface area contributed by atoms with E-state index in [1.807, 2.05) is 0 Å². The molecular formula is C14H10F6N2O2S. The standard InChI is InChI=1S/C14H10F6N2O2S/c15-13(16,17)10-5-3-9(4-6-10)12(14(18,19)20)22-25(23,24)11-2-1-7-21-8-11/h1-8,12,22H/t12-/m1/s1. The fourth-order valence-electron chi connectivity index (χ4n) is 1.92. The number of benzene rings is 1. The SMILES string of the molecule is O=S(=O)(N[C@H](c1ccc(C(F)(F)F)cc1)C(F)(F)F)c1cccnc1. The Hall–Kier alpha value is -2.14. The number of alkyl halides is 6. The number of sulfonamides is 1. The molecule has 0 amide bonds. The van der Waals surface area contributed by atoms with Crippen molar-refractivity contribution >= 4 is 10.0 Å². The Morgan fingerprint density at radius 3 is 2.00 bits per heavy atom. The minimum atomic E-state index is -5.06. The number of hydrogen-bond acceptors (Lipinski definition) is 3. The topological polar surface area (TPSA) is 59.1 Å². The van der Waals surface area contributed by atoms with Gasteiger partial charge in [0.05, 0.1) is 5.56 Å². The van der Waals surface area contributed by atoms with Crippen LogP contribution in [0.1, 0.15) is 17.2 Å². The van der Waals surface area contributed by atoms with Gasteiger partial charge in [-0.3, -0.25) is 4.98 Å². The molecule has 0 spiro atoms. The fourth-order valence-corrected chi connectivity index (χ4v) is 3.09. The van der Waals surface area contributed by atoms with Gasteiger partial charge in [-0.2, -0.15) is 31.1 Å². The quantitative estimate of drug-likeness (QED) is 0.819. The molecule has 0 unspecified atom stereocenters. The lowest BCUT2D eigenvalue weighted by atomic mass is 10.1. The molecule has 1 N–H and O–H groups in total. The Balaban J connectivity index is 2.38. The summed E-state index contributed by atoms with van der Waals surface area (Å²) in [5.41, 5.74) is -1.82. The molecule has 0 radical (unpaired) electrons. The van der Waals surface area contributed by atoms with E-state index < -0.39 is 44.4 Å². The van der Waals surface area contributed by atoms with E-state index >= 15 is 0 Å². The first-order valence-corrected chi connectivity index (χ1v) is 8.06. The number of pyridine rings is 1. The van der Waals surface area contributed by atoms with Gasteiger partial charge in [0.25, 0.3) is 0 Å². The van der Waals surface area contributed by atoms with Gasteiger partial charge in [-0.15, -0.1) is 0 Å². The number of halogens is 6. The molecule has 1 heterocycles. The summed E-state index contributed by atoms with van der Waals surface area (Å²) in [6.07, 6.45) is -7.70. The zero-order valence-corrected chi connectivity index (χ0v) is 13.0. The first-order valence-electron chi connectivity index (χ1n) is 6.57. The van der Waals surface area contributed by atoms with E-state index in [1.165, 1.54) is 17.0 Å². The summed E-state index contributed by atoms with van der Waals surface area (Å²) in [6, 6.07) is 1.60. The van der Waals surface area contributed by atoms with Gasteiger partial charge in [0.1, 0.15) is 10.9 Å². The maximum Gasteiger partial charge on any atom is 0.416 e. The van der Waals surface area contributed by atoms with Crippen LogP contribution in [0, 0.1) is 0 Å². The number of nitrogens with one attached hydrogen (secondary N) is 1. The largest absolute Gasteiger partial charge is 0.416 e. The molecule has 0 saturated heterocycles. The Morgan fingerprint density at radius 1 is 0.960 bits per heavy atom. The van der Waals surface area contributed by atoms with Gasteiger partial charge in [0, 0.05) is 12.4 Å². The van der Waals surface area contributed by atoms with Gasteiger partial charge < -0.3 is 0 Å². The van der Waals surface area contributed by atoms with Gasteiger partial charge in [-0.25, -0.2) is 8.42 Å². The van der Waals surface area contributed by atoms with E-state index in [1.54, 1.807) is 0 Å². The molecule has 11 heteroatoms. The van der Waals surface area contributed by atoms with Crippen LogP contribution in [0.5, 0.6) is 0 Å². The molecule has 1 atom stereocenters. The Bertz CT molecular complexity index is 817. The second-order valence-corrected chi connectivity index (χ2v) is 6.62. The van der Waals surface area contributed by atoms with Crippen LogP contribution in [0.4, 0.5) is 26.3 Å². The molecule has 0 aliphatic heterocycles. The molecule has 136 valence electrons. The molecule has 0 aliphatic carbocycles. The Morgan fingerprint density at radius 2 is 1.56 bits per heavy atom. The lowest BCUT2D eigenvalue weighted by Crippen LogP contribution is -2.38. The zero-order chi connectivity index (χ0) is 18.9. The molecule has 25 heavy (non-hydrogen) atoms. The van der Waals surface area contributed by atoms with E-state index in [2.05, 4.69) is 4.98 Å². The molecule has 2 rings (SSSR count). The fraction of sp³-hybridized carbons (Fsp3) is 0.214. The Kier molecular flexibility index (Phi) is 5.09. The summed E-state index contributed by atoms with van der Waals surface area (Å²) in [5.74, 6) is 0. The van der Waals surface area contributed by atoms with Crippen molar-refractivity contribution in [2.24, 2.45) is 0 Å². The van der Waals surface area contributed by atoms with Crippen molar-refractivity contribution in [1.82, 2.24) is 9.71 Å². The summed E-state index contributed by atoms with van der Waals surface area (Å²) in [7, 11) is -4.58. The lowest BCUT2D eigenvalue weighted by Gasteiger charge is -2.22. The minimum absolute atomic E-state index is 0.451. The van der Waals surface area contributed by atoms with E-state index in [-0.39, 0.29) is 0 Å². The molecule has 2 aromatic rings. The van der Waals surface area contributed by atoms with Crippen LogP contribution in [0.3, 0.4) is 0 Å². The number of rotatable bonds is 4. The average molecular weight is 384 g/mol. The second kappa shape index (κ2) is 6.64. The third-order valence-corrected chi connectivity index (χ3v) is 4.52. The van der Waals surface area contributed by atoms with Crippen LogP contribution < -0.4 is 4.72 Å². The van der Waals surface area contributed by atoms with Crippen LogP contribution in [-0.2, 0) is 16.2 Å². The monoisotopic (exact) mass is 384 g/mol. The van der Waals surface area contributed by atoms with Gasteiger partial charge >= 0.3 is 12.4 Å². The van der Waals surface area contributed by atoms with Crippen LogP contribution in [0.15, 0.2) is 53.7 Å². The van der Waals surface area contributed by atoms with E-state index in [9.17, 15) is 34.8 Å². The molecule has 1 aromatic carbocycles. The highest BCUT2D eigenvalue weighted by molar-refractivity contribution is 7.89. The summed E-state index contributed by atoms with van der Waals surface area (Å²) >= 11 is 0. The zero-order valence-electron chi connectivity index (χ0n) is 12.1. The van der Waals surface area contributed by atoms with Crippen molar-refractivity contribution in [2.45, 2.75) is 23.3 Å². The van der Waals surface area contributed by atoms with E-state index in [0.29, 0.717) is 24.3 Å². The predicted octanol–water partition coefficient (Wildman–Crippen LogP) is 3.68. The molecule has 0 aliphatic rings. The highest BCUT2D eigenvalue weighted by Gasteiger charge is 2.44. The number of aromatic nitrogens is 1. The maximum absolute atomic E-state index is 13.2. The van der Waals surface area contributed by atoms with Gasteiger partial charge in [-0.1, -0.05) is 12.1 Å². The van der Waals surface area contributed by atoms with Gasteiger partial charge in [0.15, 0.2) is 0 Å². The summed E-state index contributed by atoms with van der Waals surface area (Å²) in [4.78, 5) is 3.00. The number of nitrogens with zero attached hydrogens (tertiary/aromatic N) is 1. The summed E-state index contributed by atoms with van der Waals surface area (Å²) in [6.45, 7) is 0. The molecule has 0 fully saturated rings. The lowest BCUT2D eigenvalue weighted by molar-refractivity contribution is -0.153. The summed E-state index contributed by atoms with van der Waals surface area (Å²) < 4.78 is 103. The van der Waals surface area contributed by atoms with Crippen molar-refractivity contribution < 1.29 is 34.8 Å². The molecule has 4 nitrogen and oxygen atoms in total. The molecule has 0 bridgehead atoms. The van der Waals surface area contributed by atoms with Crippen LogP contribution in [0.25, 0.3) is 0 Å². The third-order valence-electron chi connectivity index (χ3n) is 3.12. The molecule has 1 aromatic heterocycles. The van der Waals surface area contributed by atoms with Crippen molar-refractivity contribution in [1.29, 1.82) is 0 Å². The van der Waals surface area contributed by atoms with Gasteiger partial charge in [0.2, 0.25) is 10.0 Å². The van der Waals surface area contributed by atoms with Crippen LogP contribution in [-0.4, -0.2) is 19.6 Å². The summed E-state index contributed by atoms with van der Waals surface area (Å²) in [5, 5.41) is 0. The van der Waals surface area contributed by atoms with Crippen molar-refractivity contribution in [2.75, 3.05) is 0 Å². The van der Waals surface area contributed by atoms with Crippen molar-refractivity contribution in [3.8, 4) is 0 Å². The smallest absolute Gasteiger partial charge is 0.263 e.